The summed E-state index contributed by atoms with van der Waals surface area (Å²) in [5.41, 5.74) is 0.639. The van der Waals surface area contributed by atoms with E-state index in [9.17, 15) is 14.0 Å². The number of aliphatic carboxylic acids is 1. The number of rotatable bonds is 6. The Bertz CT molecular complexity index is 838. The first-order valence-corrected chi connectivity index (χ1v) is 9.34. The Hall–Kier alpha value is -2.74. The minimum Gasteiger partial charge on any atom is -0.480 e. The lowest BCUT2D eigenvalue weighted by Gasteiger charge is -2.28. The highest BCUT2D eigenvalue weighted by Gasteiger charge is 2.26. The molecule has 0 aliphatic carbocycles. The second kappa shape index (κ2) is 8.97. The number of oxazole rings is 1. The van der Waals surface area contributed by atoms with E-state index in [1.807, 2.05) is 0 Å². The summed E-state index contributed by atoms with van der Waals surface area (Å²) in [4.78, 5) is 30.8. The van der Waals surface area contributed by atoms with Crippen LogP contribution in [-0.2, 0) is 16.1 Å². The molecule has 28 heavy (non-hydrogen) atoms. The van der Waals surface area contributed by atoms with Crippen LogP contribution >= 0.6 is 0 Å². The Kier molecular flexibility index (Phi) is 6.41. The first-order valence-electron chi connectivity index (χ1n) is 9.34. The number of halogens is 1. The van der Waals surface area contributed by atoms with Crippen molar-refractivity contribution in [3.8, 4) is 11.3 Å². The quantitative estimate of drug-likeness (QED) is 0.818. The Morgan fingerprint density at radius 3 is 2.89 bits per heavy atom. The van der Waals surface area contributed by atoms with Gasteiger partial charge in [-0.05, 0) is 37.9 Å². The molecule has 1 aromatic carbocycles. The molecule has 0 saturated carbocycles. The molecule has 1 aromatic heterocycles. The molecular weight excluding hydrogens is 365 g/mol. The number of nitrogens with zero attached hydrogens (tertiary/aromatic N) is 3. The second-order valence-corrected chi connectivity index (χ2v) is 7.03. The van der Waals surface area contributed by atoms with Crippen molar-refractivity contribution in [3.05, 3.63) is 42.2 Å². The molecule has 150 valence electrons. The normalized spacial score (nSPS) is 17.9. The highest BCUT2D eigenvalue weighted by atomic mass is 19.1. The van der Waals surface area contributed by atoms with Gasteiger partial charge in [0.15, 0.2) is 5.76 Å². The van der Waals surface area contributed by atoms with Gasteiger partial charge < -0.3 is 14.4 Å². The zero-order valence-electron chi connectivity index (χ0n) is 15.8. The third kappa shape index (κ3) is 5.16. The maximum atomic E-state index is 13.4. The summed E-state index contributed by atoms with van der Waals surface area (Å²) in [6.07, 6.45) is 3.91. The van der Waals surface area contributed by atoms with Gasteiger partial charge in [0.1, 0.15) is 12.4 Å². The van der Waals surface area contributed by atoms with Crippen molar-refractivity contribution in [2.75, 3.05) is 19.6 Å². The number of carbonyl (C=O) groups is 2. The molecule has 2 aromatic rings. The number of likely N-dealkylation sites (tertiary alicyclic amines) is 1. The van der Waals surface area contributed by atoms with E-state index in [2.05, 4.69) is 9.88 Å². The fourth-order valence-electron chi connectivity index (χ4n) is 3.60. The smallest absolute Gasteiger partial charge is 0.323 e. The Morgan fingerprint density at radius 1 is 1.36 bits per heavy atom. The third-order valence-electron chi connectivity index (χ3n) is 4.96. The van der Waals surface area contributed by atoms with Crippen LogP contribution in [0.25, 0.3) is 11.3 Å². The largest absolute Gasteiger partial charge is 0.480 e. The average Bonchev–Trinajstić information content (AvgIpc) is 2.98. The van der Waals surface area contributed by atoms with E-state index >= 15 is 0 Å². The lowest BCUT2D eigenvalue weighted by Crippen LogP contribution is -2.42. The van der Waals surface area contributed by atoms with Gasteiger partial charge in [0.25, 0.3) is 0 Å². The van der Waals surface area contributed by atoms with E-state index in [1.165, 1.54) is 24.0 Å². The number of benzene rings is 1. The van der Waals surface area contributed by atoms with Crippen LogP contribution in [0.4, 0.5) is 4.39 Å². The van der Waals surface area contributed by atoms with Crippen LogP contribution in [0.5, 0.6) is 0 Å². The van der Waals surface area contributed by atoms with Gasteiger partial charge in [-0.15, -0.1) is 0 Å². The number of carboxylic acid groups (broad SMARTS) is 1. The summed E-state index contributed by atoms with van der Waals surface area (Å²) in [6.45, 7) is 3.18. The Labute approximate surface area is 162 Å². The van der Waals surface area contributed by atoms with Gasteiger partial charge in [-0.25, -0.2) is 9.37 Å². The fraction of sp³-hybridized carbons (Fsp3) is 0.450. The maximum absolute atomic E-state index is 13.4. The van der Waals surface area contributed by atoms with Gasteiger partial charge in [-0.2, -0.15) is 0 Å². The summed E-state index contributed by atoms with van der Waals surface area (Å²) >= 11 is 0. The van der Waals surface area contributed by atoms with Crippen LogP contribution in [0.2, 0.25) is 0 Å². The molecule has 1 atom stereocenters. The fourth-order valence-corrected chi connectivity index (χ4v) is 3.60. The molecule has 1 N–H and O–H groups in total. The monoisotopic (exact) mass is 389 g/mol. The maximum Gasteiger partial charge on any atom is 0.323 e. The molecule has 1 fully saturated rings. The van der Waals surface area contributed by atoms with Gasteiger partial charge in [0.2, 0.25) is 11.8 Å². The van der Waals surface area contributed by atoms with Crippen molar-refractivity contribution < 1.29 is 23.5 Å². The van der Waals surface area contributed by atoms with Gasteiger partial charge in [0.05, 0.1) is 12.7 Å². The van der Waals surface area contributed by atoms with Gasteiger partial charge >= 0.3 is 5.97 Å². The molecule has 1 amide bonds. The minimum absolute atomic E-state index is 0.0778. The summed E-state index contributed by atoms with van der Waals surface area (Å²) in [5, 5.41) is 9.05. The van der Waals surface area contributed by atoms with Crippen LogP contribution in [0, 0.1) is 5.82 Å². The number of carboxylic acids is 1. The topological polar surface area (TPSA) is 86.9 Å². The molecule has 1 aliphatic heterocycles. The highest BCUT2D eigenvalue weighted by Crippen LogP contribution is 2.23. The van der Waals surface area contributed by atoms with E-state index in [0.29, 0.717) is 36.7 Å². The lowest BCUT2D eigenvalue weighted by molar-refractivity contribution is -0.145. The summed E-state index contributed by atoms with van der Waals surface area (Å²) < 4.78 is 19.2. The van der Waals surface area contributed by atoms with Crippen molar-refractivity contribution in [2.24, 2.45) is 0 Å². The molecular formula is C20H24FN3O4. The van der Waals surface area contributed by atoms with Crippen LogP contribution in [-0.4, -0.2) is 57.4 Å². The lowest BCUT2D eigenvalue weighted by atomic mass is 10.1. The van der Waals surface area contributed by atoms with Gasteiger partial charge in [0, 0.05) is 25.1 Å². The van der Waals surface area contributed by atoms with Crippen molar-refractivity contribution >= 4 is 11.9 Å². The molecule has 1 saturated heterocycles. The van der Waals surface area contributed by atoms with Crippen molar-refractivity contribution in [3.63, 3.8) is 0 Å². The van der Waals surface area contributed by atoms with Crippen LogP contribution in [0.15, 0.2) is 34.9 Å². The van der Waals surface area contributed by atoms with Crippen molar-refractivity contribution in [1.82, 2.24) is 14.8 Å². The SMILES string of the molecule is CC(=O)N(CC(=O)O)C1CCCN(Cc2ncc(-c3cccc(F)c3)o2)CC1. The summed E-state index contributed by atoms with van der Waals surface area (Å²) in [6, 6.07) is 6.09. The number of carbonyl (C=O) groups excluding carboxylic acids is 1. The number of hydrogen-bond acceptors (Lipinski definition) is 5. The first-order chi connectivity index (χ1) is 13.4. The number of amides is 1. The molecule has 1 aliphatic rings. The number of hydrogen-bond donors (Lipinski definition) is 1. The molecule has 8 heteroatoms. The highest BCUT2D eigenvalue weighted by molar-refractivity contribution is 5.79. The zero-order chi connectivity index (χ0) is 20.1. The van der Waals surface area contributed by atoms with Crippen LogP contribution < -0.4 is 0 Å². The van der Waals surface area contributed by atoms with Crippen LogP contribution in [0.3, 0.4) is 0 Å². The van der Waals surface area contributed by atoms with E-state index in [4.69, 9.17) is 9.52 Å². The van der Waals surface area contributed by atoms with E-state index in [-0.39, 0.29) is 24.3 Å². The Morgan fingerprint density at radius 2 is 2.18 bits per heavy atom. The van der Waals surface area contributed by atoms with E-state index in [0.717, 1.165) is 19.4 Å². The number of aromatic nitrogens is 1. The zero-order valence-corrected chi connectivity index (χ0v) is 15.8. The van der Waals surface area contributed by atoms with Crippen molar-refractivity contribution in [1.29, 1.82) is 0 Å². The molecule has 3 rings (SSSR count). The molecule has 0 bridgehead atoms. The van der Waals surface area contributed by atoms with E-state index in [1.54, 1.807) is 18.3 Å². The molecule has 2 heterocycles. The second-order valence-electron chi connectivity index (χ2n) is 7.03. The Balaban J connectivity index is 1.61. The predicted molar refractivity (Wildman–Crippen MR) is 99.8 cm³/mol. The average molecular weight is 389 g/mol. The standard InChI is InChI=1S/C20H24FN3O4/c1-14(25)24(13-20(26)27)17-6-3-8-23(9-7-17)12-19-22-11-18(28-19)15-4-2-5-16(21)10-15/h2,4-5,10-11,17H,3,6-9,12-13H2,1H3,(H,26,27). The minimum atomic E-state index is -0.999. The van der Waals surface area contributed by atoms with Crippen molar-refractivity contribution in [2.45, 2.75) is 38.8 Å². The predicted octanol–water partition coefficient (Wildman–Crippen LogP) is 2.77. The van der Waals surface area contributed by atoms with Crippen LogP contribution in [0.1, 0.15) is 32.1 Å². The first kappa shape index (κ1) is 20.0. The summed E-state index contributed by atoms with van der Waals surface area (Å²) in [7, 11) is 0. The molecule has 1 unspecified atom stereocenters. The third-order valence-corrected chi connectivity index (χ3v) is 4.96. The van der Waals surface area contributed by atoms with E-state index < -0.39 is 5.97 Å². The molecule has 0 spiro atoms. The summed E-state index contributed by atoms with van der Waals surface area (Å²) in [5.74, 6) is -0.474. The molecule has 7 nitrogen and oxygen atoms in total. The van der Waals surface area contributed by atoms with Gasteiger partial charge in [-0.1, -0.05) is 12.1 Å². The molecule has 0 radical (unpaired) electrons. The van der Waals surface area contributed by atoms with Gasteiger partial charge in [-0.3, -0.25) is 14.5 Å².